The van der Waals surface area contributed by atoms with E-state index in [9.17, 15) is 19.8 Å². The number of allylic oxidation sites excluding steroid dienone is 1. The van der Waals surface area contributed by atoms with Gasteiger partial charge in [0.1, 0.15) is 0 Å². The van der Waals surface area contributed by atoms with Gasteiger partial charge in [-0.2, -0.15) is 0 Å². The van der Waals surface area contributed by atoms with Crippen LogP contribution in [0, 0.1) is 11.3 Å². The molecule has 22 heavy (non-hydrogen) atoms. The van der Waals surface area contributed by atoms with E-state index in [0.717, 1.165) is 25.3 Å². The van der Waals surface area contributed by atoms with Gasteiger partial charge in [-0.25, -0.2) is 0 Å². The molecule has 0 spiro atoms. The maximum Gasteiger partial charge on any atom is 0.325 e. The monoisotopic (exact) mass is 310 g/mol. The smallest absolute Gasteiger partial charge is 0.325 e. The highest BCUT2D eigenvalue weighted by Gasteiger charge is 2.49. The molecule has 126 valence electrons. The Kier molecular flexibility index (Phi) is 10.3. The first kappa shape index (κ1) is 20.4. The van der Waals surface area contributed by atoms with E-state index in [0.29, 0.717) is 6.42 Å². The summed E-state index contributed by atoms with van der Waals surface area (Å²) in [5.74, 6) is -3.39. The van der Waals surface area contributed by atoms with E-state index in [-0.39, 0.29) is 0 Å². The molecule has 4 heteroatoms. The summed E-state index contributed by atoms with van der Waals surface area (Å²) in [6, 6.07) is 0. The maximum atomic E-state index is 11.4. The number of carboxylic acids is 2. The lowest BCUT2D eigenvalue weighted by molar-refractivity contribution is -0.163. The molecule has 0 bridgehead atoms. The van der Waals surface area contributed by atoms with E-state index < -0.39 is 23.3 Å². The van der Waals surface area contributed by atoms with Gasteiger partial charge in [0.05, 0.1) is 0 Å². The Morgan fingerprint density at radius 1 is 0.955 bits per heavy atom. The number of hydrogen-bond donors (Lipinski definition) is 2. The van der Waals surface area contributed by atoms with Gasteiger partial charge in [-0.15, -0.1) is 13.2 Å². The second kappa shape index (κ2) is 11.0. The lowest BCUT2D eigenvalue weighted by Crippen LogP contribution is -2.43. The lowest BCUT2D eigenvalue weighted by atomic mass is 9.73. The lowest BCUT2D eigenvalue weighted by Gasteiger charge is -2.28. The minimum absolute atomic E-state index is 0.503. The molecule has 0 amide bonds. The van der Waals surface area contributed by atoms with Crippen LogP contribution in [0.3, 0.4) is 0 Å². The van der Waals surface area contributed by atoms with E-state index in [1.165, 1.54) is 38.2 Å². The van der Waals surface area contributed by atoms with Gasteiger partial charge in [-0.3, -0.25) is 9.59 Å². The molecule has 0 saturated carbocycles. The number of unbranched alkanes of at least 4 members (excludes halogenated alkanes) is 7. The third-order valence-corrected chi connectivity index (χ3v) is 4.27. The molecule has 1 atom stereocenters. The van der Waals surface area contributed by atoms with Crippen molar-refractivity contribution in [1.82, 2.24) is 0 Å². The van der Waals surface area contributed by atoms with Crippen LogP contribution in [0.25, 0.3) is 0 Å². The average molecular weight is 310 g/mol. The minimum atomic E-state index is -1.97. The number of rotatable bonds is 14. The summed E-state index contributed by atoms with van der Waals surface area (Å²) < 4.78 is 0. The third kappa shape index (κ3) is 5.66. The Bertz CT molecular complexity index is 359. The molecule has 0 heterocycles. The second-order valence-electron chi connectivity index (χ2n) is 5.79. The van der Waals surface area contributed by atoms with Gasteiger partial charge in [0.25, 0.3) is 0 Å². The topological polar surface area (TPSA) is 74.6 Å². The Balaban J connectivity index is 4.35. The summed E-state index contributed by atoms with van der Waals surface area (Å²) in [7, 11) is 0. The van der Waals surface area contributed by atoms with Crippen LogP contribution < -0.4 is 0 Å². The van der Waals surface area contributed by atoms with Crippen LogP contribution in [0.1, 0.15) is 64.7 Å². The van der Waals surface area contributed by atoms with Gasteiger partial charge >= 0.3 is 11.9 Å². The first-order valence-corrected chi connectivity index (χ1v) is 8.20. The molecule has 0 radical (unpaired) electrons. The van der Waals surface area contributed by atoms with Crippen LogP contribution in [0.15, 0.2) is 25.3 Å². The molecule has 0 aromatic rings. The van der Waals surface area contributed by atoms with Gasteiger partial charge < -0.3 is 10.2 Å². The molecule has 0 aromatic carbocycles. The largest absolute Gasteiger partial charge is 0.480 e. The summed E-state index contributed by atoms with van der Waals surface area (Å²) in [5, 5.41) is 18.6. The maximum absolute atomic E-state index is 11.4. The van der Waals surface area contributed by atoms with E-state index in [1.807, 2.05) is 0 Å². The van der Waals surface area contributed by atoms with E-state index in [4.69, 9.17) is 0 Å². The molecule has 1 unspecified atom stereocenters. The molecule has 0 rings (SSSR count). The summed E-state index contributed by atoms with van der Waals surface area (Å²) in [4.78, 5) is 22.9. The molecule has 0 saturated heterocycles. The van der Waals surface area contributed by atoms with Crippen molar-refractivity contribution in [1.29, 1.82) is 0 Å². The van der Waals surface area contributed by atoms with Crippen molar-refractivity contribution in [3.05, 3.63) is 25.3 Å². The van der Waals surface area contributed by atoms with Gasteiger partial charge in [0, 0.05) is 5.92 Å². The minimum Gasteiger partial charge on any atom is -0.480 e. The van der Waals surface area contributed by atoms with E-state index in [2.05, 4.69) is 20.1 Å². The fourth-order valence-corrected chi connectivity index (χ4v) is 2.76. The van der Waals surface area contributed by atoms with Crippen LogP contribution in [-0.4, -0.2) is 22.2 Å². The number of hydrogen-bond acceptors (Lipinski definition) is 2. The fraction of sp³-hybridized carbons (Fsp3) is 0.667. The van der Waals surface area contributed by atoms with Crippen LogP contribution in [0.4, 0.5) is 0 Å². The second-order valence-corrected chi connectivity index (χ2v) is 5.79. The molecule has 2 N–H and O–H groups in total. The summed E-state index contributed by atoms with van der Waals surface area (Å²) in [6.45, 7) is 9.22. The van der Waals surface area contributed by atoms with Crippen molar-refractivity contribution >= 4 is 11.9 Å². The number of aliphatic carboxylic acids is 2. The molecule has 4 nitrogen and oxygen atoms in total. The van der Waals surface area contributed by atoms with Crippen molar-refractivity contribution in [3.8, 4) is 0 Å². The van der Waals surface area contributed by atoms with E-state index in [1.54, 1.807) is 0 Å². The Morgan fingerprint density at radius 3 is 1.77 bits per heavy atom. The highest BCUT2D eigenvalue weighted by Crippen LogP contribution is 2.35. The Hall–Kier alpha value is -1.58. The third-order valence-electron chi connectivity index (χ3n) is 4.27. The van der Waals surface area contributed by atoms with Gasteiger partial charge in [-0.1, -0.05) is 70.4 Å². The normalized spacial score (nSPS) is 12.6. The van der Waals surface area contributed by atoms with Crippen molar-refractivity contribution in [2.45, 2.75) is 64.7 Å². The molecule has 0 aliphatic rings. The molecular weight excluding hydrogens is 280 g/mol. The predicted molar refractivity (Wildman–Crippen MR) is 88.8 cm³/mol. The van der Waals surface area contributed by atoms with Crippen LogP contribution in [0.2, 0.25) is 0 Å². The SMILES string of the molecule is C=CC(CCCCCCCCCC)C(C=C)(C(=O)O)C(=O)O. The van der Waals surface area contributed by atoms with Crippen LogP contribution >= 0.6 is 0 Å². The first-order valence-electron chi connectivity index (χ1n) is 8.20. The Morgan fingerprint density at radius 2 is 1.41 bits per heavy atom. The molecule has 0 aliphatic heterocycles. The van der Waals surface area contributed by atoms with E-state index >= 15 is 0 Å². The first-order chi connectivity index (χ1) is 10.5. The molecular formula is C18H30O4. The summed E-state index contributed by atoms with van der Waals surface area (Å²) >= 11 is 0. The molecule has 0 aliphatic carbocycles. The van der Waals surface area contributed by atoms with Crippen LogP contribution in [0.5, 0.6) is 0 Å². The Labute approximate surface area is 133 Å². The van der Waals surface area contributed by atoms with Crippen LogP contribution in [-0.2, 0) is 9.59 Å². The highest BCUT2D eigenvalue weighted by atomic mass is 16.4. The van der Waals surface area contributed by atoms with Gasteiger partial charge in [-0.05, 0) is 6.42 Å². The molecule has 0 fully saturated rings. The van der Waals surface area contributed by atoms with Crippen molar-refractivity contribution in [2.75, 3.05) is 0 Å². The zero-order chi connectivity index (χ0) is 17.0. The molecule has 0 aromatic heterocycles. The quantitative estimate of drug-likeness (QED) is 0.278. The number of carbonyl (C=O) groups is 2. The zero-order valence-corrected chi connectivity index (χ0v) is 13.7. The standard InChI is InChI=1S/C18H30O4/c1-4-7-8-9-10-11-12-13-14-15(5-2)18(6-3,16(19)20)17(21)22/h5-6,15H,2-4,7-14H2,1H3,(H,19,20)(H,21,22). The highest BCUT2D eigenvalue weighted by molar-refractivity contribution is 6.01. The number of carboxylic acid groups (broad SMARTS) is 2. The van der Waals surface area contributed by atoms with Gasteiger partial charge in [0.2, 0.25) is 0 Å². The van der Waals surface area contributed by atoms with Crippen molar-refractivity contribution in [3.63, 3.8) is 0 Å². The predicted octanol–water partition coefficient (Wildman–Crippen LogP) is 4.66. The van der Waals surface area contributed by atoms with Gasteiger partial charge in [0.15, 0.2) is 5.41 Å². The van der Waals surface area contributed by atoms with Crippen molar-refractivity contribution < 1.29 is 19.8 Å². The average Bonchev–Trinajstić information content (AvgIpc) is 2.48. The zero-order valence-electron chi connectivity index (χ0n) is 13.7. The summed E-state index contributed by atoms with van der Waals surface area (Å²) in [5.41, 5.74) is -1.97. The fourth-order valence-electron chi connectivity index (χ4n) is 2.76. The van der Waals surface area contributed by atoms with Crippen molar-refractivity contribution in [2.24, 2.45) is 11.3 Å². The summed E-state index contributed by atoms with van der Waals surface area (Å²) in [6.07, 6.45) is 12.1.